The van der Waals surface area contributed by atoms with Crippen LogP contribution >= 0.6 is 23.2 Å². The molecule has 0 fully saturated rings. The third-order valence-electron chi connectivity index (χ3n) is 3.74. The Morgan fingerprint density at radius 1 is 1.09 bits per heavy atom. The van der Waals surface area contributed by atoms with Gasteiger partial charge in [-0.25, -0.2) is 0 Å². The molecule has 0 bridgehead atoms. The summed E-state index contributed by atoms with van der Waals surface area (Å²) in [5, 5.41) is 1.16. The van der Waals surface area contributed by atoms with Gasteiger partial charge in [0.05, 0.1) is 16.7 Å². The van der Waals surface area contributed by atoms with E-state index >= 15 is 0 Å². The Morgan fingerprint density at radius 2 is 1.86 bits per heavy atom. The van der Waals surface area contributed by atoms with Gasteiger partial charge in [-0.2, -0.15) is 0 Å². The Balaban J connectivity index is 2.22. The largest absolute Gasteiger partial charge is 0.494 e. The maximum Gasteiger partial charge on any atom is 0.119 e. The van der Waals surface area contributed by atoms with Gasteiger partial charge < -0.3 is 10.5 Å². The van der Waals surface area contributed by atoms with E-state index < -0.39 is 0 Å². The second-order valence-electron chi connectivity index (χ2n) is 5.34. The van der Waals surface area contributed by atoms with Crippen LogP contribution in [0.2, 0.25) is 10.0 Å². The molecule has 0 aliphatic rings. The van der Waals surface area contributed by atoms with Crippen molar-refractivity contribution in [2.75, 3.05) is 13.2 Å². The minimum atomic E-state index is 0.243. The molecule has 0 saturated heterocycles. The predicted molar refractivity (Wildman–Crippen MR) is 94.3 cm³/mol. The SMILES string of the molecule is CCOc1ccc(C(CN)Cc2ccc(Cl)c(Cl)c2)c(C)c1. The number of rotatable bonds is 6. The van der Waals surface area contributed by atoms with Crippen LogP contribution in [0.25, 0.3) is 0 Å². The van der Waals surface area contributed by atoms with Crippen molar-refractivity contribution in [2.24, 2.45) is 5.73 Å². The topological polar surface area (TPSA) is 35.2 Å². The lowest BCUT2D eigenvalue weighted by Gasteiger charge is -2.19. The molecule has 1 unspecified atom stereocenters. The van der Waals surface area contributed by atoms with Crippen LogP contribution in [0.3, 0.4) is 0 Å². The highest BCUT2D eigenvalue weighted by Gasteiger charge is 2.14. The van der Waals surface area contributed by atoms with Gasteiger partial charge in [-0.1, -0.05) is 35.3 Å². The third kappa shape index (κ3) is 4.16. The highest BCUT2D eigenvalue weighted by molar-refractivity contribution is 6.42. The summed E-state index contributed by atoms with van der Waals surface area (Å²) in [5.41, 5.74) is 9.58. The molecule has 0 spiro atoms. The van der Waals surface area contributed by atoms with Crippen molar-refractivity contribution in [3.05, 3.63) is 63.1 Å². The van der Waals surface area contributed by atoms with Crippen LogP contribution in [-0.4, -0.2) is 13.2 Å². The van der Waals surface area contributed by atoms with E-state index in [1.165, 1.54) is 11.1 Å². The Hall–Kier alpha value is -1.22. The van der Waals surface area contributed by atoms with Crippen molar-refractivity contribution < 1.29 is 4.74 Å². The molecule has 0 aromatic heterocycles. The molecule has 2 N–H and O–H groups in total. The number of ether oxygens (including phenoxy) is 1. The number of hydrogen-bond donors (Lipinski definition) is 1. The smallest absolute Gasteiger partial charge is 0.119 e. The van der Waals surface area contributed by atoms with Crippen molar-refractivity contribution in [2.45, 2.75) is 26.2 Å². The van der Waals surface area contributed by atoms with Crippen molar-refractivity contribution in [1.29, 1.82) is 0 Å². The monoisotopic (exact) mass is 337 g/mol. The van der Waals surface area contributed by atoms with Crippen LogP contribution in [0.5, 0.6) is 5.75 Å². The first kappa shape index (κ1) is 17.1. The summed E-state index contributed by atoms with van der Waals surface area (Å²) in [6.45, 7) is 5.32. The third-order valence-corrected chi connectivity index (χ3v) is 4.48. The second kappa shape index (κ2) is 7.87. The number of hydrogen-bond acceptors (Lipinski definition) is 2. The van der Waals surface area contributed by atoms with Gasteiger partial charge in [-0.3, -0.25) is 0 Å². The van der Waals surface area contributed by atoms with E-state index in [0.717, 1.165) is 17.7 Å². The number of benzene rings is 2. The summed E-state index contributed by atoms with van der Waals surface area (Å²) < 4.78 is 5.54. The van der Waals surface area contributed by atoms with Crippen LogP contribution < -0.4 is 10.5 Å². The van der Waals surface area contributed by atoms with Crippen LogP contribution in [0.4, 0.5) is 0 Å². The molecule has 2 aromatic rings. The van der Waals surface area contributed by atoms with E-state index in [-0.39, 0.29) is 5.92 Å². The maximum atomic E-state index is 6.09. The molecule has 0 heterocycles. The summed E-state index contributed by atoms with van der Waals surface area (Å²) >= 11 is 12.1. The standard InChI is InChI=1S/C18H21Cl2NO/c1-3-22-15-5-6-16(12(2)8-15)14(11-21)9-13-4-7-17(19)18(20)10-13/h4-8,10,14H,3,9,11,21H2,1-2H3. The zero-order valence-electron chi connectivity index (χ0n) is 12.9. The Labute approximate surface area is 142 Å². The fourth-order valence-corrected chi connectivity index (χ4v) is 2.95. The minimum absolute atomic E-state index is 0.243. The molecule has 1 atom stereocenters. The van der Waals surface area contributed by atoms with Crippen LogP contribution in [0.15, 0.2) is 36.4 Å². The molecule has 22 heavy (non-hydrogen) atoms. The molecular formula is C18H21Cl2NO. The normalized spacial score (nSPS) is 12.2. The summed E-state index contributed by atoms with van der Waals surface area (Å²) in [6.07, 6.45) is 0.836. The molecule has 0 amide bonds. The van der Waals surface area contributed by atoms with Crippen molar-refractivity contribution >= 4 is 23.2 Å². The predicted octanol–water partition coefficient (Wildman–Crippen LogP) is 4.99. The molecule has 0 radical (unpaired) electrons. The Bertz CT molecular complexity index is 643. The van der Waals surface area contributed by atoms with E-state index in [4.69, 9.17) is 33.7 Å². The van der Waals surface area contributed by atoms with Gasteiger partial charge in [0.25, 0.3) is 0 Å². The quantitative estimate of drug-likeness (QED) is 0.806. The fourth-order valence-electron chi connectivity index (χ4n) is 2.63. The van der Waals surface area contributed by atoms with Gasteiger partial charge in [-0.15, -0.1) is 0 Å². The highest BCUT2D eigenvalue weighted by Crippen LogP contribution is 2.29. The zero-order valence-corrected chi connectivity index (χ0v) is 14.4. The number of nitrogens with two attached hydrogens (primary N) is 1. The zero-order chi connectivity index (χ0) is 16.1. The molecule has 0 aliphatic heterocycles. The first-order valence-corrected chi connectivity index (χ1v) is 8.18. The van der Waals surface area contributed by atoms with Gasteiger partial charge in [0, 0.05) is 5.92 Å². The molecule has 2 aromatic carbocycles. The molecule has 0 saturated carbocycles. The van der Waals surface area contributed by atoms with E-state index in [1.54, 1.807) is 0 Å². The molecule has 0 aliphatic carbocycles. The number of halogens is 2. The fraction of sp³-hybridized carbons (Fsp3) is 0.333. The highest BCUT2D eigenvalue weighted by atomic mass is 35.5. The average molecular weight is 338 g/mol. The van der Waals surface area contributed by atoms with Gasteiger partial charge >= 0.3 is 0 Å². The summed E-state index contributed by atoms with van der Waals surface area (Å²) in [5.74, 6) is 1.14. The van der Waals surface area contributed by atoms with Crippen LogP contribution in [0, 0.1) is 6.92 Å². The first-order chi connectivity index (χ1) is 10.5. The summed E-state index contributed by atoms with van der Waals surface area (Å²) in [4.78, 5) is 0. The second-order valence-corrected chi connectivity index (χ2v) is 6.15. The van der Waals surface area contributed by atoms with Gasteiger partial charge in [0.2, 0.25) is 0 Å². The Morgan fingerprint density at radius 3 is 2.45 bits per heavy atom. The molecule has 2 rings (SSSR count). The summed E-state index contributed by atoms with van der Waals surface area (Å²) in [6, 6.07) is 11.9. The lowest BCUT2D eigenvalue weighted by molar-refractivity contribution is 0.340. The van der Waals surface area contributed by atoms with E-state index in [9.17, 15) is 0 Å². The lowest BCUT2D eigenvalue weighted by atomic mass is 9.89. The lowest BCUT2D eigenvalue weighted by Crippen LogP contribution is -2.16. The first-order valence-electron chi connectivity index (χ1n) is 7.42. The molecule has 118 valence electrons. The van der Waals surface area contributed by atoms with Crippen LogP contribution in [0.1, 0.15) is 29.5 Å². The van der Waals surface area contributed by atoms with Crippen molar-refractivity contribution in [3.63, 3.8) is 0 Å². The van der Waals surface area contributed by atoms with Gasteiger partial charge in [0.15, 0.2) is 0 Å². The van der Waals surface area contributed by atoms with Crippen LogP contribution in [-0.2, 0) is 6.42 Å². The molecular weight excluding hydrogens is 317 g/mol. The number of aryl methyl sites for hydroxylation is 1. The van der Waals surface area contributed by atoms with E-state index in [2.05, 4.69) is 19.1 Å². The average Bonchev–Trinajstić information content (AvgIpc) is 2.49. The Kier molecular flexibility index (Phi) is 6.13. The maximum absolute atomic E-state index is 6.09. The minimum Gasteiger partial charge on any atom is -0.494 e. The molecule has 4 heteroatoms. The van der Waals surface area contributed by atoms with Gasteiger partial charge in [0.1, 0.15) is 5.75 Å². The summed E-state index contributed by atoms with van der Waals surface area (Å²) in [7, 11) is 0. The van der Waals surface area contributed by atoms with Gasteiger partial charge in [-0.05, 0) is 67.8 Å². The van der Waals surface area contributed by atoms with Crippen molar-refractivity contribution in [3.8, 4) is 5.75 Å². The van der Waals surface area contributed by atoms with E-state index in [1.807, 2.05) is 31.2 Å². The van der Waals surface area contributed by atoms with Crippen molar-refractivity contribution in [1.82, 2.24) is 0 Å². The van der Waals surface area contributed by atoms with E-state index in [0.29, 0.717) is 23.2 Å². The molecule has 2 nitrogen and oxygen atoms in total.